The van der Waals surface area contributed by atoms with E-state index in [0.29, 0.717) is 11.1 Å². The van der Waals surface area contributed by atoms with Gasteiger partial charge in [-0.2, -0.15) is 5.26 Å². The van der Waals surface area contributed by atoms with Crippen LogP contribution in [0.4, 0.5) is 0 Å². The SMILES string of the molecule is N#CC1C2=C(CCCCC2)SC1NC(=O)CN1C(=O)c2ccccc2C1=O. The predicted octanol–water partition coefficient (Wildman–Crippen LogP) is 2.83. The second-order valence-electron chi connectivity index (χ2n) is 6.96. The van der Waals surface area contributed by atoms with Gasteiger partial charge in [0, 0.05) is 0 Å². The molecule has 3 amide bonds. The van der Waals surface area contributed by atoms with Gasteiger partial charge >= 0.3 is 0 Å². The van der Waals surface area contributed by atoms with E-state index >= 15 is 0 Å². The highest BCUT2D eigenvalue weighted by atomic mass is 32.2. The lowest BCUT2D eigenvalue weighted by Crippen LogP contribution is -2.44. The fraction of sp³-hybridized carbons (Fsp3) is 0.400. The second-order valence-corrected chi connectivity index (χ2v) is 8.20. The highest BCUT2D eigenvalue weighted by molar-refractivity contribution is 8.04. The summed E-state index contributed by atoms with van der Waals surface area (Å²) in [5.41, 5.74) is 1.81. The van der Waals surface area contributed by atoms with Crippen molar-refractivity contribution in [1.29, 1.82) is 5.26 Å². The standard InChI is InChI=1S/C20H19N3O3S/c21-10-15-12-6-2-1-3-9-16(12)27-18(15)22-17(24)11-23-19(25)13-7-4-5-8-14(13)20(23)26/h4-5,7-8,15,18H,1-3,6,9,11H2,(H,22,24). The monoisotopic (exact) mass is 381 g/mol. The largest absolute Gasteiger partial charge is 0.341 e. The summed E-state index contributed by atoms with van der Waals surface area (Å²) in [5.74, 6) is -1.65. The Morgan fingerprint density at radius 2 is 1.81 bits per heavy atom. The smallest absolute Gasteiger partial charge is 0.262 e. The number of fused-ring (bicyclic) bond motifs is 1. The molecule has 0 saturated carbocycles. The average molecular weight is 381 g/mol. The van der Waals surface area contributed by atoms with Gasteiger partial charge in [0.05, 0.1) is 28.5 Å². The molecule has 1 aromatic carbocycles. The molecule has 2 unspecified atom stereocenters. The lowest BCUT2D eigenvalue weighted by atomic mass is 9.96. The van der Waals surface area contributed by atoms with E-state index in [1.165, 1.54) is 11.3 Å². The molecule has 7 heteroatoms. The quantitative estimate of drug-likeness (QED) is 0.813. The number of imide groups is 1. The Labute approximate surface area is 161 Å². The summed E-state index contributed by atoms with van der Waals surface area (Å²) in [5, 5.41) is 12.1. The fourth-order valence-electron chi connectivity index (χ4n) is 3.93. The molecule has 0 radical (unpaired) electrons. The van der Waals surface area contributed by atoms with Gasteiger partial charge < -0.3 is 5.32 Å². The van der Waals surface area contributed by atoms with E-state index in [-0.39, 0.29) is 17.8 Å². The van der Waals surface area contributed by atoms with Gasteiger partial charge in [-0.05, 0) is 48.3 Å². The lowest BCUT2D eigenvalue weighted by molar-refractivity contribution is -0.121. The molecule has 4 rings (SSSR count). The number of rotatable bonds is 3. The van der Waals surface area contributed by atoms with Crippen LogP contribution in [-0.4, -0.2) is 34.5 Å². The summed E-state index contributed by atoms with van der Waals surface area (Å²) < 4.78 is 0. The van der Waals surface area contributed by atoms with Crippen LogP contribution in [-0.2, 0) is 4.79 Å². The first kappa shape index (κ1) is 17.8. The lowest BCUT2D eigenvalue weighted by Gasteiger charge is -2.20. The Balaban J connectivity index is 1.43. The molecule has 2 atom stereocenters. The van der Waals surface area contributed by atoms with Crippen LogP contribution in [0, 0.1) is 17.2 Å². The third kappa shape index (κ3) is 3.15. The summed E-state index contributed by atoms with van der Waals surface area (Å²) in [6, 6.07) is 8.90. The van der Waals surface area contributed by atoms with Crippen molar-refractivity contribution in [3.63, 3.8) is 0 Å². The van der Waals surface area contributed by atoms with Crippen LogP contribution in [0.5, 0.6) is 0 Å². The van der Waals surface area contributed by atoms with Gasteiger partial charge in [-0.25, -0.2) is 0 Å². The number of thioether (sulfide) groups is 1. The number of nitrogens with one attached hydrogen (secondary N) is 1. The van der Waals surface area contributed by atoms with Gasteiger partial charge in [0.15, 0.2) is 0 Å². The summed E-state index contributed by atoms with van der Waals surface area (Å²) in [6.45, 7) is -0.327. The maximum Gasteiger partial charge on any atom is 0.262 e. The normalized spacial score (nSPS) is 24.3. The van der Waals surface area contributed by atoms with Gasteiger partial charge in [-0.15, -0.1) is 11.8 Å². The molecule has 1 aromatic rings. The van der Waals surface area contributed by atoms with Crippen LogP contribution in [0.3, 0.4) is 0 Å². The summed E-state index contributed by atoms with van der Waals surface area (Å²) in [4.78, 5) is 39.5. The molecular weight excluding hydrogens is 362 g/mol. The first-order valence-corrected chi connectivity index (χ1v) is 10.0. The number of carbonyl (C=O) groups is 3. The summed E-state index contributed by atoms with van der Waals surface area (Å²) >= 11 is 1.55. The minimum Gasteiger partial charge on any atom is -0.341 e. The van der Waals surface area contributed by atoms with Crippen molar-refractivity contribution in [2.45, 2.75) is 37.5 Å². The molecule has 0 spiro atoms. The maximum absolute atomic E-state index is 12.5. The van der Waals surface area contributed by atoms with Crippen molar-refractivity contribution in [2.75, 3.05) is 6.54 Å². The number of nitrogens with zero attached hydrogens (tertiary/aromatic N) is 2. The minimum absolute atomic E-state index is 0.327. The van der Waals surface area contributed by atoms with Crippen molar-refractivity contribution < 1.29 is 14.4 Å². The molecule has 27 heavy (non-hydrogen) atoms. The molecular formula is C20H19N3O3S. The molecule has 6 nitrogen and oxygen atoms in total. The van der Waals surface area contributed by atoms with Crippen molar-refractivity contribution in [3.8, 4) is 6.07 Å². The zero-order valence-corrected chi connectivity index (χ0v) is 15.6. The van der Waals surface area contributed by atoms with Gasteiger partial charge in [-0.1, -0.05) is 18.6 Å². The topological polar surface area (TPSA) is 90.3 Å². The van der Waals surface area contributed by atoms with E-state index in [4.69, 9.17) is 0 Å². The van der Waals surface area contributed by atoms with Crippen LogP contribution in [0.15, 0.2) is 34.7 Å². The first-order chi connectivity index (χ1) is 13.1. The number of carbonyl (C=O) groups excluding carboxylic acids is 3. The van der Waals surface area contributed by atoms with Crippen molar-refractivity contribution in [1.82, 2.24) is 10.2 Å². The van der Waals surface area contributed by atoms with Gasteiger partial charge in [0.1, 0.15) is 6.54 Å². The molecule has 0 saturated heterocycles. The molecule has 0 fully saturated rings. The van der Waals surface area contributed by atoms with Crippen molar-refractivity contribution >= 4 is 29.5 Å². The number of benzene rings is 1. The molecule has 1 N–H and O–H groups in total. The molecule has 0 bridgehead atoms. The Kier molecular flexibility index (Phi) is 4.75. The van der Waals surface area contributed by atoms with Crippen molar-refractivity contribution in [2.24, 2.45) is 5.92 Å². The van der Waals surface area contributed by atoms with Gasteiger partial charge in [0.25, 0.3) is 11.8 Å². The Morgan fingerprint density at radius 3 is 2.48 bits per heavy atom. The van der Waals surface area contributed by atoms with E-state index < -0.39 is 17.7 Å². The molecule has 138 valence electrons. The molecule has 3 aliphatic rings. The Morgan fingerprint density at radius 1 is 1.15 bits per heavy atom. The van der Waals surface area contributed by atoms with Crippen molar-refractivity contribution in [3.05, 3.63) is 45.9 Å². The van der Waals surface area contributed by atoms with Crippen LogP contribution in [0.1, 0.15) is 52.8 Å². The number of nitriles is 1. The number of amides is 3. The fourth-order valence-corrected chi connectivity index (χ4v) is 5.44. The third-order valence-corrected chi connectivity index (χ3v) is 6.67. The Hall–Kier alpha value is -2.59. The molecule has 2 aliphatic heterocycles. The highest BCUT2D eigenvalue weighted by Gasteiger charge is 2.39. The maximum atomic E-state index is 12.5. The number of hydrogen-bond donors (Lipinski definition) is 1. The minimum atomic E-state index is -0.449. The molecule has 0 aromatic heterocycles. The first-order valence-electron chi connectivity index (χ1n) is 9.13. The average Bonchev–Trinajstić information content (AvgIpc) is 2.99. The molecule has 2 heterocycles. The van der Waals surface area contributed by atoms with Crippen LogP contribution < -0.4 is 5.32 Å². The van der Waals surface area contributed by atoms with Crippen LogP contribution in [0.2, 0.25) is 0 Å². The van der Waals surface area contributed by atoms with Crippen LogP contribution >= 0.6 is 11.8 Å². The van der Waals surface area contributed by atoms with E-state index in [1.54, 1.807) is 36.0 Å². The van der Waals surface area contributed by atoms with E-state index in [1.807, 2.05) is 0 Å². The number of hydrogen-bond acceptors (Lipinski definition) is 5. The summed E-state index contributed by atoms with van der Waals surface area (Å²) in [6.07, 6.45) is 5.23. The summed E-state index contributed by atoms with van der Waals surface area (Å²) in [7, 11) is 0. The molecule has 1 aliphatic carbocycles. The number of allylic oxidation sites excluding steroid dienone is 1. The third-order valence-electron chi connectivity index (χ3n) is 5.28. The van der Waals surface area contributed by atoms with Crippen LogP contribution in [0.25, 0.3) is 0 Å². The predicted molar refractivity (Wildman–Crippen MR) is 101 cm³/mol. The van der Waals surface area contributed by atoms with Gasteiger partial charge in [-0.3, -0.25) is 19.3 Å². The van der Waals surface area contributed by atoms with E-state index in [9.17, 15) is 19.6 Å². The Bertz CT molecular complexity index is 867. The van der Waals surface area contributed by atoms with E-state index in [2.05, 4.69) is 11.4 Å². The van der Waals surface area contributed by atoms with Gasteiger partial charge in [0.2, 0.25) is 5.91 Å². The second kappa shape index (κ2) is 7.20. The zero-order valence-electron chi connectivity index (χ0n) is 14.7. The van der Waals surface area contributed by atoms with E-state index in [0.717, 1.165) is 36.2 Å². The highest BCUT2D eigenvalue weighted by Crippen LogP contribution is 2.46. The zero-order chi connectivity index (χ0) is 19.0.